The number of hydrogen-bond acceptors (Lipinski definition) is 4. The fraction of sp³-hybridized carbons (Fsp3) is 0.471. The van der Waals surface area contributed by atoms with E-state index in [4.69, 9.17) is 0 Å². The first kappa shape index (κ1) is 14.6. The zero-order valence-electron chi connectivity index (χ0n) is 13.0. The van der Waals surface area contributed by atoms with Gasteiger partial charge in [0.25, 0.3) is 11.5 Å². The summed E-state index contributed by atoms with van der Waals surface area (Å²) in [5, 5.41) is 5.51. The second-order valence-electron chi connectivity index (χ2n) is 6.68. The van der Waals surface area contributed by atoms with Gasteiger partial charge in [-0.3, -0.25) is 14.9 Å². The molecule has 120 valence electrons. The molecule has 6 heteroatoms. The van der Waals surface area contributed by atoms with Crippen molar-refractivity contribution in [3.63, 3.8) is 0 Å². The van der Waals surface area contributed by atoms with E-state index >= 15 is 0 Å². The van der Waals surface area contributed by atoms with Gasteiger partial charge in [0.05, 0.1) is 5.69 Å². The number of hydrogen-bond donors (Lipinski definition) is 1. The average Bonchev–Trinajstić information content (AvgIpc) is 3.25. The van der Waals surface area contributed by atoms with Crippen LogP contribution in [0.4, 0.5) is 5.13 Å². The number of aryl methyl sites for hydroxylation is 1. The van der Waals surface area contributed by atoms with Gasteiger partial charge in [-0.1, -0.05) is 6.42 Å². The van der Waals surface area contributed by atoms with Crippen LogP contribution < -0.4 is 10.9 Å². The minimum Gasteiger partial charge on any atom is -0.319 e. The van der Waals surface area contributed by atoms with E-state index in [1.165, 1.54) is 47.7 Å². The van der Waals surface area contributed by atoms with Crippen molar-refractivity contribution in [1.82, 2.24) is 9.55 Å². The molecule has 2 aromatic rings. The molecule has 2 aromatic heterocycles. The SMILES string of the molecule is Cn1ccc(C(=O)Nc2nc(C3CC4CCC3C4)cs2)cc1=O. The van der Waals surface area contributed by atoms with Gasteiger partial charge in [0.1, 0.15) is 0 Å². The van der Waals surface area contributed by atoms with Gasteiger partial charge in [0.15, 0.2) is 5.13 Å². The Balaban J connectivity index is 1.48. The van der Waals surface area contributed by atoms with Crippen molar-refractivity contribution in [3.8, 4) is 0 Å². The maximum Gasteiger partial charge on any atom is 0.257 e. The summed E-state index contributed by atoms with van der Waals surface area (Å²) in [7, 11) is 1.66. The molecule has 2 fully saturated rings. The molecule has 0 radical (unpaired) electrons. The molecule has 0 aliphatic heterocycles. The molecule has 2 bridgehead atoms. The van der Waals surface area contributed by atoms with Gasteiger partial charge in [-0.25, -0.2) is 4.98 Å². The Bertz CT molecular complexity index is 810. The van der Waals surface area contributed by atoms with Crippen molar-refractivity contribution in [2.24, 2.45) is 18.9 Å². The molecule has 5 nitrogen and oxygen atoms in total. The van der Waals surface area contributed by atoms with Crippen LogP contribution in [0.3, 0.4) is 0 Å². The summed E-state index contributed by atoms with van der Waals surface area (Å²) in [5.74, 6) is 1.95. The first-order chi connectivity index (χ1) is 11.1. The molecular weight excluding hydrogens is 310 g/mol. The van der Waals surface area contributed by atoms with Gasteiger partial charge in [-0.15, -0.1) is 11.3 Å². The summed E-state index contributed by atoms with van der Waals surface area (Å²) in [6, 6.07) is 2.99. The lowest BCUT2D eigenvalue weighted by atomic mass is 9.87. The van der Waals surface area contributed by atoms with E-state index in [2.05, 4.69) is 15.7 Å². The van der Waals surface area contributed by atoms with E-state index in [0.717, 1.165) is 17.5 Å². The van der Waals surface area contributed by atoms with Gasteiger partial charge in [0, 0.05) is 36.2 Å². The van der Waals surface area contributed by atoms with Gasteiger partial charge in [0.2, 0.25) is 0 Å². The summed E-state index contributed by atoms with van der Waals surface area (Å²) >= 11 is 1.47. The predicted molar refractivity (Wildman–Crippen MR) is 89.9 cm³/mol. The molecule has 1 amide bonds. The third kappa shape index (κ3) is 2.72. The molecule has 2 heterocycles. The van der Waals surface area contributed by atoms with E-state index in [9.17, 15) is 9.59 Å². The average molecular weight is 329 g/mol. The minimum atomic E-state index is -0.281. The largest absolute Gasteiger partial charge is 0.319 e. The Labute approximate surface area is 138 Å². The van der Waals surface area contributed by atoms with Crippen molar-refractivity contribution in [3.05, 3.63) is 45.3 Å². The van der Waals surface area contributed by atoms with Gasteiger partial charge >= 0.3 is 0 Å². The Kier molecular flexibility index (Phi) is 3.56. The number of nitrogens with one attached hydrogen (secondary N) is 1. The molecule has 0 spiro atoms. The molecule has 1 N–H and O–H groups in total. The highest BCUT2D eigenvalue weighted by molar-refractivity contribution is 7.14. The monoisotopic (exact) mass is 329 g/mol. The van der Waals surface area contributed by atoms with Crippen molar-refractivity contribution in [2.45, 2.75) is 31.6 Å². The second kappa shape index (κ2) is 5.60. The van der Waals surface area contributed by atoms with Gasteiger partial charge in [-0.2, -0.15) is 0 Å². The van der Waals surface area contributed by atoms with E-state index < -0.39 is 0 Å². The van der Waals surface area contributed by atoms with Crippen LogP contribution in [0.1, 0.15) is 47.7 Å². The van der Waals surface area contributed by atoms with Crippen molar-refractivity contribution in [1.29, 1.82) is 0 Å². The Morgan fingerprint density at radius 1 is 1.39 bits per heavy atom. The first-order valence-electron chi connectivity index (χ1n) is 8.03. The fourth-order valence-electron chi connectivity index (χ4n) is 3.98. The van der Waals surface area contributed by atoms with E-state index in [-0.39, 0.29) is 11.5 Å². The van der Waals surface area contributed by atoms with Gasteiger partial charge < -0.3 is 4.57 Å². The number of thiazole rings is 1. The molecule has 4 rings (SSSR count). The molecule has 2 saturated carbocycles. The van der Waals surface area contributed by atoms with Crippen LogP contribution in [0, 0.1) is 11.8 Å². The standard InChI is InChI=1S/C17H19N3O2S/c1-20-5-4-12(8-15(20)21)16(22)19-17-18-14(9-23-17)13-7-10-2-3-11(13)6-10/h4-5,8-11,13H,2-3,6-7H2,1H3,(H,18,19,22). The third-order valence-corrected chi connectivity index (χ3v) is 6.00. The van der Waals surface area contributed by atoms with E-state index in [1.807, 2.05) is 0 Å². The number of fused-ring (bicyclic) bond motifs is 2. The number of anilines is 1. The van der Waals surface area contributed by atoms with Crippen LogP contribution in [-0.4, -0.2) is 15.5 Å². The summed E-state index contributed by atoms with van der Waals surface area (Å²) in [6.45, 7) is 0. The molecular formula is C17H19N3O2S. The molecule has 23 heavy (non-hydrogen) atoms. The van der Waals surface area contributed by atoms with Crippen molar-refractivity contribution >= 4 is 22.4 Å². The molecule has 2 aliphatic carbocycles. The molecule has 0 aromatic carbocycles. The quantitative estimate of drug-likeness (QED) is 0.941. The van der Waals surface area contributed by atoms with Crippen LogP contribution in [0.15, 0.2) is 28.5 Å². The first-order valence-corrected chi connectivity index (χ1v) is 8.91. The topological polar surface area (TPSA) is 64.0 Å². The molecule has 0 saturated heterocycles. The minimum absolute atomic E-state index is 0.195. The lowest BCUT2D eigenvalue weighted by molar-refractivity contribution is 0.102. The molecule has 3 atom stereocenters. The zero-order chi connectivity index (χ0) is 16.0. The van der Waals surface area contributed by atoms with E-state index in [0.29, 0.717) is 16.6 Å². The summed E-state index contributed by atoms with van der Waals surface area (Å²) in [5.41, 5.74) is 1.30. The predicted octanol–water partition coefficient (Wildman–Crippen LogP) is 3.00. The Morgan fingerprint density at radius 3 is 2.96 bits per heavy atom. The number of nitrogens with zero attached hydrogens (tertiary/aromatic N) is 2. The highest BCUT2D eigenvalue weighted by Crippen LogP contribution is 2.52. The smallest absolute Gasteiger partial charge is 0.257 e. The number of carbonyl (C=O) groups is 1. The lowest BCUT2D eigenvalue weighted by Gasteiger charge is -2.19. The Morgan fingerprint density at radius 2 is 2.26 bits per heavy atom. The van der Waals surface area contributed by atoms with Crippen LogP contribution in [0.25, 0.3) is 0 Å². The van der Waals surface area contributed by atoms with Crippen LogP contribution >= 0.6 is 11.3 Å². The fourth-order valence-corrected chi connectivity index (χ4v) is 4.75. The van der Waals surface area contributed by atoms with Crippen molar-refractivity contribution in [2.75, 3.05) is 5.32 Å². The zero-order valence-corrected chi connectivity index (χ0v) is 13.8. The highest BCUT2D eigenvalue weighted by atomic mass is 32.1. The van der Waals surface area contributed by atoms with Crippen LogP contribution in [-0.2, 0) is 7.05 Å². The van der Waals surface area contributed by atoms with E-state index in [1.54, 1.807) is 19.3 Å². The van der Waals surface area contributed by atoms with Crippen LogP contribution in [0.2, 0.25) is 0 Å². The molecule has 3 unspecified atom stereocenters. The lowest BCUT2D eigenvalue weighted by Crippen LogP contribution is -2.20. The number of aromatic nitrogens is 2. The number of carbonyl (C=O) groups excluding carboxylic acids is 1. The molecule has 2 aliphatic rings. The van der Waals surface area contributed by atoms with Crippen LogP contribution in [0.5, 0.6) is 0 Å². The summed E-state index contributed by atoms with van der Waals surface area (Å²) in [6.07, 6.45) is 6.88. The third-order valence-electron chi connectivity index (χ3n) is 5.23. The number of pyridine rings is 1. The maximum atomic E-state index is 12.2. The summed E-state index contributed by atoms with van der Waals surface area (Å²) < 4.78 is 1.44. The number of rotatable bonds is 3. The summed E-state index contributed by atoms with van der Waals surface area (Å²) in [4.78, 5) is 28.5. The second-order valence-corrected chi connectivity index (χ2v) is 7.54. The normalized spacial score (nSPS) is 25.7. The Hall–Kier alpha value is -1.95. The van der Waals surface area contributed by atoms with Crippen molar-refractivity contribution < 1.29 is 4.79 Å². The maximum absolute atomic E-state index is 12.2. The number of amides is 1. The van der Waals surface area contributed by atoms with Gasteiger partial charge in [-0.05, 0) is 37.2 Å². The highest BCUT2D eigenvalue weighted by Gasteiger charge is 2.41.